The Labute approximate surface area is 126 Å². The van der Waals surface area contributed by atoms with Gasteiger partial charge in [0.25, 0.3) is 0 Å². The summed E-state index contributed by atoms with van der Waals surface area (Å²) in [5.74, 6) is 0. The first-order chi connectivity index (χ1) is 10.3. The average molecular weight is 288 g/mol. The normalized spacial score (nSPS) is 12.0. The van der Waals surface area contributed by atoms with Crippen molar-refractivity contribution in [3.63, 3.8) is 0 Å². The molecule has 0 fully saturated rings. The van der Waals surface area contributed by atoms with Crippen LogP contribution in [0.15, 0.2) is 60.7 Å². The minimum Gasteiger partial charge on any atom is -0.247 e. The van der Waals surface area contributed by atoms with Crippen molar-refractivity contribution in [2.45, 2.75) is 0 Å². The summed E-state index contributed by atoms with van der Waals surface area (Å²) in [5, 5.41) is 4.41. The molecule has 1 aliphatic rings. The number of pyridine rings is 1. The molecule has 1 heterocycles. The summed E-state index contributed by atoms with van der Waals surface area (Å²) in [4.78, 5) is 4.88. The molecule has 0 unspecified atom stereocenters. The van der Waals surface area contributed by atoms with E-state index in [1.807, 2.05) is 18.2 Å². The number of rotatable bonds is 0. The van der Waals surface area contributed by atoms with Crippen LogP contribution in [0.1, 0.15) is 0 Å². The predicted molar refractivity (Wildman–Crippen MR) is 88.7 cm³/mol. The van der Waals surface area contributed by atoms with Gasteiger partial charge in [0.05, 0.1) is 11.2 Å². The molecule has 0 N–H and O–H groups in total. The van der Waals surface area contributed by atoms with E-state index in [4.69, 9.17) is 16.6 Å². The van der Waals surface area contributed by atoms with Crippen LogP contribution in [0.3, 0.4) is 0 Å². The summed E-state index contributed by atoms with van der Waals surface area (Å²) >= 11 is 6.11. The summed E-state index contributed by atoms with van der Waals surface area (Å²) in [6.45, 7) is 0. The lowest BCUT2D eigenvalue weighted by Crippen LogP contribution is -1.85. The second kappa shape index (κ2) is 3.84. The number of benzene rings is 3. The Hall–Kier alpha value is -2.38. The van der Waals surface area contributed by atoms with Crippen molar-refractivity contribution in [2.75, 3.05) is 0 Å². The number of hydrogen-bond donors (Lipinski definition) is 0. The Morgan fingerprint density at radius 1 is 0.714 bits per heavy atom. The van der Waals surface area contributed by atoms with Gasteiger partial charge in [-0.2, -0.15) is 0 Å². The zero-order valence-electron chi connectivity index (χ0n) is 11.1. The SMILES string of the molecule is Clc1ccc2nc3c(cc2c1)-c1cccc2cccc-3c12. The van der Waals surface area contributed by atoms with Gasteiger partial charge >= 0.3 is 0 Å². The topological polar surface area (TPSA) is 12.9 Å². The maximum atomic E-state index is 6.11. The zero-order chi connectivity index (χ0) is 14.0. The lowest BCUT2D eigenvalue weighted by Gasteiger charge is -2.04. The van der Waals surface area contributed by atoms with E-state index in [1.54, 1.807) is 0 Å². The minimum absolute atomic E-state index is 0.748. The molecule has 0 spiro atoms. The standard InChI is InChI=1S/C19H10ClN/c20-13-7-8-17-12(9-13)10-16-14-5-1-3-11-4-2-6-15(18(11)14)19(16)21-17/h1-10H. The number of hydrogen-bond acceptors (Lipinski definition) is 1. The van der Waals surface area contributed by atoms with Crippen LogP contribution in [0.2, 0.25) is 5.02 Å². The Bertz CT molecular complexity index is 1040. The van der Waals surface area contributed by atoms with Crippen LogP contribution in [0, 0.1) is 0 Å². The van der Waals surface area contributed by atoms with Crippen molar-refractivity contribution in [3.05, 3.63) is 65.7 Å². The fraction of sp³-hybridized carbons (Fsp3) is 0. The van der Waals surface area contributed by atoms with E-state index in [0.29, 0.717) is 0 Å². The smallest absolute Gasteiger partial charge is 0.0794 e. The average Bonchev–Trinajstić information content (AvgIpc) is 2.82. The lowest BCUT2D eigenvalue weighted by atomic mass is 10.0. The van der Waals surface area contributed by atoms with Crippen LogP contribution in [-0.4, -0.2) is 4.98 Å². The quantitative estimate of drug-likeness (QED) is 0.356. The van der Waals surface area contributed by atoms with E-state index in [9.17, 15) is 0 Å². The molecule has 3 aromatic carbocycles. The largest absolute Gasteiger partial charge is 0.247 e. The summed E-state index contributed by atoms with van der Waals surface area (Å²) in [6, 6.07) is 20.9. The van der Waals surface area contributed by atoms with Gasteiger partial charge in [-0.1, -0.05) is 48.0 Å². The Morgan fingerprint density at radius 2 is 1.52 bits per heavy atom. The van der Waals surface area contributed by atoms with Crippen molar-refractivity contribution >= 4 is 33.3 Å². The first kappa shape index (κ1) is 11.3. The van der Waals surface area contributed by atoms with Gasteiger partial charge in [-0.25, -0.2) is 4.98 Å². The van der Waals surface area contributed by atoms with Gasteiger partial charge in [0.15, 0.2) is 0 Å². The van der Waals surface area contributed by atoms with Crippen LogP contribution >= 0.6 is 11.6 Å². The van der Waals surface area contributed by atoms with Crippen molar-refractivity contribution in [2.24, 2.45) is 0 Å². The minimum atomic E-state index is 0.748. The second-order valence-corrected chi connectivity index (χ2v) is 5.87. The molecular formula is C19H10ClN. The van der Waals surface area contributed by atoms with E-state index >= 15 is 0 Å². The molecule has 0 bridgehead atoms. The molecule has 0 saturated carbocycles. The van der Waals surface area contributed by atoms with Crippen LogP contribution in [0.25, 0.3) is 44.1 Å². The summed E-state index contributed by atoms with van der Waals surface area (Å²) < 4.78 is 0. The number of fused-ring (bicyclic) bond motifs is 4. The van der Waals surface area contributed by atoms with E-state index in [-0.39, 0.29) is 0 Å². The maximum Gasteiger partial charge on any atom is 0.0794 e. The monoisotopic (exact) mass is 287 g/mol. The van der Waals surface area contributed by atoms with Gasteiger partial charge in [-0.05, 0) is 40.6 Å². The molecule has 98 valence electrons. The van der Waals surface area contributed by atoms with Crippen molar-refractivity contribution in [3.8, 4) is 22.4 Å². The van der Waals surface area contributed by atoms with E-state index in [1.165, 1.54) is 27.5 Å². The second-order valence-electron chi connectivity index (χ2n) is 5.43. The highest BCUT2D eigenvalue weighted by atomic mass is 35.5. The Morgan fingerprint density at radius 3 is 2.38 bits per heavy atom. The summed E-state index contributed by atoms with van der Waals surface area (Å²) in [5.41, 5.74) is 5.78. The molecule has 5 rings (SSSR count). The predicted octanol–water partition coefficient (Wildman–Crippen LogP) is 5.69. The number of nitrogens with zero attached hydrogens (tertiary/aromatic N) is 1. The third kappa shape index (κ3) is 1.44. The van der Waals surface area contributed by atoms with E-state index in [0.717, 1.165) is 21.6 Å². The van der Waals surface area contributed by atoms with Gasteiger partial charge in [-0.3, -0.25) is 0 Å². The van der Waals surface area contributed by atoms with E-state index in [2.05, 4.69) is 42.5 Å². The molecule has 0 amide bonds. The molecule has 1 nitrogen and oxygen atoms in total. The van der Waals surface area contributed by atoms with Crippen LogP contribution in [0.4, 0.5) is 0 Å². The molecule has 1 aliphatic carbocycles. The molecule has 1 aromatic heterocycles. The van der Waals surface area contributed by atoms with Crippen molar-refractivity contribution in [1.82, 2.24) is 4.98 Å². The first-order valence-electron chi connectivity index (χ1n) is 6.94. The zero-order valence-corrected chi connectivity index (χ0v) is 11.9. The molecule has 0 saturated heterocycles. The van der Waals surface area contributed by atoms with Crippen LogP contribution < -0.4 is 0 Å². The van der Waals surface area contributed by atoms with Crippen LogP contribution in [0.5, 0.6) is 0 Å². The van der Waals surface area contributed by atoms with Gasteiger partial charge in [-0.15, -0.1) is 0 Å². The molecule has 0 radical (unpaired) electrons. The molecule has 0 atom stereocenters. The highest BCUT2D eigenvalue weighted by Gasteiger charge is 2.22. The van der Waals surface area contributed by atoms with E-state index < -0.39 is 0 Å². The van der Waals surface area contributed by atoms with Crippen molar-refractivity contribution < 1.29 is 0 Å². The van der Waals surface area contributed by atoms with Gasteiger partial charge in [0, 0.05) is 21.5 Å². The third-order valence-electron chi connectivity index (χ3n) is 4.23. The summed E-state index contributed by atoms with van der Waals surface area (Å²) in [7, 11) is 0. The third-order valence-corrected chi connectivity index (χ3v) is 4.46. The fourth-order valence-corrected chi connectivity index (χ4v) is 3.50. The summed E-state index contributed by atoms with van der Waals surface area (Å²) in [6.07, 6.45) is 0. The number of aromatic nitrogens is 1. The van der Waals surface area contributed by atoms with Crippen molar-refractivity contribution in [1.29, 1.82) is 0 Å². The fourth-order valence-electron chi connectivity index (χ4n) is 3.32. The number of halogens is 1. The Balaban J connectivity index is 1.98. The van der Waals surface area contributed by atoms with Gasteiger partial charge < -0.3 is 0 Å². The van der Waals surface area contributed by atoms with Crippen LogP contribution in [-0.2, 0) is 0 Å². The molecule has 0 aliphatic heterocycles. The molecule has 21 heavy (non-hydrogen) atoms. The van der Waals surface area contributed by atoms with Gasteiger partial charge in [0.1, 0.15) is 0 Å². The van der Waals surface area contributed by atoms with Gasteiger partial charge in [0.2, 0.25) is 0 Å². The highest BCUT2D eigenvalue weighted by molar-refractivity contribution is 6.31. The first-order valence-corrected chi connectivity index (χ1v) is 7.32. The molecule has 2 heteroatoms. The maximum absolute atomic E-state index is 6.11. The Kier molecular flexibility index (Phi) is 2.06. The molecular weight excluding hydrogens is 278 g/mol. The lowest BCUT2D eigenvalue weighted by molar-refractivity contribution is 1.42. The highest BCUT2D eigenvalue weighted by Crippen LogP contribution is 2.46. The molecule has 4 aromatic rings.